The number of benzene rings is 4. The van der Waals surface area contributed by atoms with E-state index in [1.807, 2.05) is 47.0 Å². The van der Waals surface area contributed by atoms with Gasteiger partial charge in [-0.05, 0) is 73.0 Å². The molecule has 1 fully saturated rings. The van der Waals surface area contributed by atoms with Gasteiger partial charge in [0.1, 0.15) is 17.8 Å². The predicted octanol–water partition coefficient (Wildman–Crippen LogP) is 6.07. The maximum Gasteiger partial charge on any atom is 0.240 e. The summed E-state index contributed by atoms with van der Waals surface area (Å²) in [6.45, 7) is 0.325. The molecule has 43 heavy (non-hydrogen) atoms. The number of rotatable bonds is 9. The lowest BCUT2D eigenvalue weighted by molar-refractivity contribution is -0.131. The van der Waals surface area contributed by atoms with Gasteiger partial charge in [-0.15, -0.1) is 0 Å². The van der Waals surface area contributed by atoms with Crippen LogP contribution in [0.3, 0.4) is 0 Å². The Hall–Kier alpha value is -5.44. The number of carbonyl (C=O) groups is 2. The lowest BCUT2D eigenvalue weighted by atomic mass is 10.0. The van der Waals surface area contributed by atoms with Crippen LogP contribution < -0.4 is 25.5 Å². The van der Waals surface area contributed by atoms with Crippen molar-refractivity contribution >= 4 is 34.1 Å². The summed E-state index contributed by atoms with van der Waals surface area (Å²) in [5.74, 6) is -0.285. The van der Waals surface area contributed by atoms with Crippen LogP contribution in [0.15, 0.2) is 108 Å². The standard InChI is InChI=1S/C34H28FN3O5/c1-42-30-20-28-27(19-31(30)43-21-22-5-3-2-4-6-22)29(39)15-18-38(28)26-13-11-25(12-14-26)37-33(41)34(16-17-34)32(40)36-24-9-7-23(35)8-10-24/h2-15,18-20H,16-17,21H2,1H3,(H,36,40)(H,37,41). The Labute approximate surface area is 246 Å². The zero-order valence-electron chi connectivity index (χ0n) is 23.3. The SMILES string of the molecule is COc1cc2c(cc1OCc1ccccc1)c(=O)ccn2-c1ccc(NC(=O)C2(C(=O)Nc3ccc(F)cc3)CC2)cc1. The van der Waals surface area contributed by atoms with Gasteiger partial charge in [0.05, 0.1) is 12.6 Å². The van der Waals surface area contributed by atoms with Crippen LogP contribution in [0.1, 0.15) is 18.4 Å². The van der Waals surface area contributed by atoms with Gasteiger partial charge in [0, 0.05) is 40.8 Å². The number of methoxy groups -OCH3 is 1. The average molecular weight is 578 g/mol. The van der Waals surface area contributed by atoms with E-state index in [-0.39, 0.29) is 5.43 Å². The van der Waals surface area contributed by atoms with Crippen molar-refractivity contribution in [1.29, 1.82) is 0 Å². The van der Waals surface area contributed by atoms with Gasteiger partial charge in [-0.3, -0.25) is 14.4 Å². The number of aromatic nitrogens is 1. The van der Waals surface area contributed by atoms with Crippen LogP contribution >= 0.6 is 0 Å². The second kappa shape index (κ2) is 11.4. The summed E-state index contributed by atoms with van der Waals surface area (Å²) >= 11 is 0. The van der Waals surface area contributed by atoms with Gasteiger partial charge in [-0.2, -0.15) is 0 Å². The second-order valence-electron chi connectivity index (χ2n) is 10.4. The molecular weight excluding hydrogens is 549 g/mol. The summed E-state index contributed by atoms with van der Waals surface area (Å²) in [6.07, 6.45) is 2.53. The molecule has 5 aromatic rings. The number of anilines is 2. The third-order valence-electron chi connectivity index (χ3n) is 7.54. The molecule has 0 bridgehead atoms. The minimum atomic E-state index is -1.17. The fourth-order valence-corrected chi connectivity index (χ4v) is 4.91. The monoisotopic (exact) mass is 577 g/mol. The van der Waals surface area contributed by atoms with Crippen LogP contribution in [0.2, 0.25) is 0 Å². The van der Waals surface area contributed by atoms with Crippen molar-refractivity contribution in [3.05, 3.63) is 125 Å². The van der Waals surface area contributed by atoms with Crippen LogP contribution in [0.4, 0.5) is 15.8 Å². The van der Waals surface area contributed by atoms with Crippen molar-refractivity contribution in [2.75, 3.05) is 17.7 Å². The largest absolute Gasteiger partial charge is 0.493 e. The Kier molecular flexibility index (Phi) is 7.38. The van der Waals surface area contributed by atoms with Gasteiger partial charge in [-0.1, -0.05) is 30.3 Å². The van der Waals surface area contributed by atoms with Crippen molar-refractivity contribution in [2.45, 2.75) is 19.4 Å². The maximum atomic E-state index is 13.2. The highest BCUT2D eigenvalue weighted by molar-refractivity contribution is 6.16. The minimum absolute atomic E-state index is 0.156. The molecule has 2 amide bonds. The van der Waals surface area contributed by atoms with E-state index in [0.717, 1.165) is 11.3 Å². The number of nitrogens with zero attached hydrogens (tertiary/aromatic N) is 1. The first kappa shape index (κ1) is 27.7. The van der Waals surface area contributed by atoms with E-state index in [1.165, 1.54) is 30.3 Å². The topological polar surface area (TPSA) is 98.7 Å². The molecule has 0 spiro atoms. The molecule has 2 N–H and O–H groups in total. The number of pyridine rings is 1. The lowest BCUT2D eigenvalue weighted by Gasteiger charge is -2.17. The van der Waals surface area contributed by atoms with E-state index in [1.54, 1.807) is 37.6 Å². The molecule has 0 atom stereocenters. The van der Waals surface area contributed by atoms with Crippen molar-refractivity contribution < 1.29 is 23.5 Å². The quantitative estimate of drug-likeness (QED) is 0.207. The van der Waals surface area contributed by atoms with Crippen LogP contribution in [-0.4, -0.2) is 23.5 Å². The predicted molar refractivity (Wildman–Crippen MR) is 162 cm³/mol. The Balaban J connectivity index is 1.20. The summed E-state index contributed by atoms with van der Waals surface area (Å²) in [6, 6.07) is 27.2. The van der Waals surface area contributed by atoms with E-state index in [2.05, 4.69) is 10.6 Å². The van der Waals surface area contributed by atoms with Crippen molar-refractivity contribution in [3.8, 4) is 17.2 Å². The number of ether oxygens (including phenoxy) is 2. The highest BCUT2D eigenvalue weighted by Crippen LogP contribution is 2.47. The fourth-order valence-electron chi connectivity index (χ4n) is 4.91. The number of carbonyl (C=O) groups excluding carboxylic acids is 2. The molecule has 1 saturated carbocycles. The van der Waals surface area contributed by atoms with E-state index in [0.29, 0.717) is 53.2 Å². The van der Waals surface area contributed by atoms with Crippen LogP contribution in [-0.2, 0) is 16.2 Å². The molecule has 1 aliphatic rings. The molecule has 0 saturated heterocycles. The number of amides is 2. The molecule has 216 valence electrons. The van der Waals surface area contributed by atoms with Crippen LogP contribution in [0.25, 0.3) is 16.6 Å². The summed E-state index contributed by atoms with van der Waals surface area (Å²) < 4.78 is 26.7. The summed E-state index contributed by atoms with van der Waals surface area (Å²) in [4.78, 5) is 38.8. The average Bonchev–Trinajstić information content (AvgIpc) is 3.85. The number of fused-ring (bicyclic) bond motifs is 1. The van der Waals surface area contributed by atoms with Gasteiger partial charge in [0.2, 0.25) is 11.8 Å². The van der Waals surface area contributed by atoms with E-state index in [4.69, 9.17) is 9.47 Å². The van der Waals surface area contributed by atoms with Gasteiger partial charge in [0.15, 0.2) is 16.9 Å². The molecular formula is C34H28FN3O5. The molecule has 0 unspecified atom stereocenters. The highest BCUT2D eigenvalue weighted by Gasteiger charge is 2.56. The van der Waals surface area contributed by atoms with Crippen LogP contribution in [0, 0.1) is 11.2 Å². The fraction of sp³-hybridized carbons (Fsp3) is 0.147. The van der Waals surface area contributed by atoms with Gasteiger partial charge in [0.25, 0.3) is 0 Å². The molecule has 0 aliphatic heterocycles. The smallest absolute Gasteiger partial charge is 0.240 e. The first-order chi connectivity index (χ1) is 20.9. The zero-order chi connectivity index (χ0) is 30.0. The number of nitrogens with one attached hydrogen (secondary N) is 2. The number of hydrogen-bond donors (Lipinski definition) is 2. The molecule has 1 aromatic heterocycles. The normalized spacial score (nSPS) is 13.3. The third kappa shape index (κ3) is 5.70. The Morgan fingerprint density at radius 2 is 1.47 bits per heavy atom. The van der Waals surface area contributed by atoms with Crippen molar-refractivity contribution in [3.63, 3.8) is 0 Å². The minimum Gasteiger partial charge on any atom is -0.493 e. The molecule has 9 heteroatoms. The zero-order valence-corrected chi connectivity index (χ0v) is 23.3. The highest BCUT2D eigenvalue weighted by atomic mass is 19.1. The maximum absolute atomic E-state index is 13.2. The lowest BCUT2D eigenvalue weighted by Crippen LogP contribution is -2.35. The van der Waals surface area contributed by atoms with E-state index in [9.17, 15) is 18.8 Å². The van der Waals surface area contributed by atoms with E-state index >= 15 is 0 Å². The third-order valence-corrected chi connectivity index (χ3v) is 7.54. The summed E-state index contributed by atoms with van der Waals surface area (Å²) in [7, 11) is 1.55. The second-order valence-corrected chi connectivity index (χ2v) is 10.4. The van der Waals surface area contributed by atoms with E-state index < -0.39 is 23.0 Å². The summed E-state index contributed by atoms with van der Waals surface area (Å²) in [5.41, 5.74) is 1.99. The Bertz CT molecular complexity index is 1870. The first-order valence-electron chi connectivity index (χ1n) is 13.8. The van der Waals surface area contributed by atoms with Crippen molar-refractivity contribution in [1.82, 2.24) is 4.57 Å². The van der Waals surface area contributed by atoms with Crippen molar-refractivity contribution in [2.24, 2.45) is 5.41 Å². The molecule has 1 aliphatic carbocycles. The van der Waals surface area contributed by atoms with Crippen LogP contribution in [0.5, 0.6) is 11.5 Å². The van der Waals surface area contributed by atoms with Gasteiger partial charge < -0.3 is 24.7 Å². The first-order valence-corrected chi connectivity index (χ1v) is 13.8. The number of hydrogen-bond acceptors (Lipinski definition) is 5. The number of halogens is 1. The Morgan fingerprint density at radius 1 is 0.837 bits per heavy atom. The molecule has 1 heterocycles. The molecule has 4 aromatic carbocycles. The molecule has 8 nitrogen and oxygen atoms in total. The Morgan fingerprint density at radius 3 is 2.07 bits per heavy atom. The summed E-state index contributed by atoms with van der Waals surface area (Å²) in [5, 5.41) is 6.01. The van der Waals surface area contributed by atoms with Gasteiger partial charge in [-0.25, -0.2) is 4.39 Å². The molecule has 6 rings (SSSR count). The van der Waals surface area contributed by atoms with Gasteiger partial charge >= 0.3 is 0 Å². The molecule has 0 radical (unpaired) electrons.